The van der Waals surface area contributed by atoms with Crippen molar-refractivity contribution in [1.29, 1.82) is 0 Å². The second-order valence-electron chi connectivity index (χ2n) is 7.02. The van der Waals surface area contributed by atoms with Crippen LogP contribution in [0.3, 0.4) is 0 Å². The zero-order chi connectivity index (χ0) is 17.6. The van der Waals surface area contributed by atoms with Crippen molar-refractivity contribution in [3.63, 3.8) is 0 Å². The van der Waals surface area contributed by atoms with Crippen molar-refractivity contribution in [1.82, 2.24) is 20.2 Å². The molecule has 1 aromatic carbocycles. The van der Waals surface area contributed by atoms with Crippen molar-refractivity contribution in [2.24, 2.45) is 0 Å². The largest absolute Gasteiger partial charge is 0.349 e. The fraction of sp³-hybridized carbons (Fsp3) is 0.500. The predicted molar refractivity (Wildman–Crippen MR) is 94.9 cm³/mol. The lowest BCUT2D eigenvalue weighted by molar-refractivity contribution is 0.0924. The second kappa shape index (κ2) is 6.15. The van der Waals surface area contributed by atoms with Crippen LogP contribution in [0.1, 0.15) is 43.0 Å². The molecule has 2 bridgehead atoms. The van der Waals surface area contributed by atoms with Gasteiger partial charge >= 0.3 is 11.1 Å². The molecule has 2 unspecified atom stereocenters. The van der Waals surface area contributed by atoms with Crippen molar-refractivity contribution >= 4 is 16.9 Å². The number of rotatable bonds is 3. The van der Waals surface area contributed by atoms with Gasteiger partial charge in [0.25, 0.3) is 5.91 Å². The minimum Gasteiger partial charge on any atom is -0.349 e. The Balaban J connectivity index is 1.61. The lowest BCUT2D eigenvalue weighted by Crippen LogP contribution is -2.48. The van der Waals surface area contributed by atoms with Gasteiger partial charge in [0.1, 0.15) is 0 Å². The van der Waals surface area contributed by atoms with Gasteiger partial charge in [0.05, 0.1) is 11.0 Å². The fourth-order valence-corrected chi connectivity index (χ4v) is 4.18. The van der Waals surface area contributed by atoms with Crippen LogP contribution in [-0.2, 0) is 6.54 Å². The second-order valence-corrected chi connectivity index (χ2v) is 7.02. The molecule has 0 aliphatic carbocycles. The SMILES string of the molecule is CCn1c(=O)c(=O)[nH]c2cc(C(=O)NC3CC4CCC(C3)N4)ccc21. The molecule has 25 heavy (non-hydrogen) atoms. The molecule has 0 saturated carbocycles. The number of fused-ring (bicyclic) bond motifs is 3. The summed E-state index contributed by atoms with van der Waals surface area (Å²) < 4.78 is 1.42. The van der Waals surface area contributed by atoms with Gasteiger partial charge in [-0.1, -0.05) is 0 Å². The molecule has 2 aliphatic heterocycles. The highest BCUT2D eigenvalue weighted by Crippen LogP contribution is 2.27. The normalized spacial score (nSPS) is 25.2. The highest BCUT2D eigenvalue weighted by atomic mass is 16.2. The molecule has 7 nitrogen and oxygen atoms in total. The van der Waals surface area contributed by atoms with E-state index < -0.39 is 11.1 Å². The number of aryl methyl sites for hydroxylation is 1. The summed E-state index contributed by atoms with van der Waals surface area (Å²) in [5.41, 5.74) is 0.391. The Morgan fingerprint density at radius 1 is 1.24 bits per heavy atom. The van der Waals surface area contributed by atoms with Crippen molar-refractivity contribution in [2.75, 3.05) is 0 Å². The minimum absolute atomic E-state index is 0.136. The fourth-order valence-electron chi connectivity index (χ4n) is 4.18. The first-order chi connectivity index (χ1) is 12.0. The van der Waals surface area contributed by atoms with E-state index in [4.69, 9.17) is 0 Å². The summed E-state index contributed by atoms with van der Waals surface area (Å²) in [6.45, 7) is 2.22. The van der Waals surface area contributed by atoms with Gasteiger partial charge < -0.3 is 20.2 Å². The Morgan fingerprint density at radius 3 is 2.64 bits per heavy atom. The lowest BCUT2D eigenvalue weighted by atomic mass is 9.99. The molecular weight excluding hydrogens is 320 g/mol. The molecule has 0 radical (unpaired) electrons. The first-order valence-electron chi connectivity index (χ1n) is 8.89. The van der Waals surface area contributed by atoms with Gasteiger partial charge in [-0.05, 0) is 50.8 Å². The maximum atomic E-state index is 12.6. The molecule has 3 N–H and O–H groups in total. The van der Waals surface area contributed by atoms with E-state index in [0.717, 1.165) is 12.8 Å². The van der Waals surface area contributed by atoms with E-state index in [1.807, 2.05) is 6.92 Å². The minimum atomic E-state index is -0.665. The standard InChI is InChI=1S/C18H22N4O3/c1-2-22-15-6-3-10(7-14(15)21-17(24)18(22)25)16(23)20-13-8-11-4-5-12(9-13)19-11/h3,6-7,11-13,19H,2,4-5,8-9H2,1H3,(H,20,23)(H,21,24). The van der Waals surface area contributed by atoms with Gasteiger partial charge in [0, 0.05) is 30.2 Å². The maximum Gasteiger partial charge on any atom is 0.316 e. The number of hydrogen-bond acceptors (Lipinski definition) is 4. The molecule has 2 fully saturated rings. The van der Waals surface area contributed by atoms with Crippen LogP contribution in [0.4, 0.5) is 0 Å². The number of benzene rings is 1. The summed E-state index contributed by atoms with van der Waals surface area (Å²) in [5.74, 6) is -0.136. The van der Waals surface area contributed by atoms with Crippen LogP contribution < -0.4 is 21.8 Å². The molecule has 1 amide bonds. The quantitative estimate of drug-likeness (QED) is 0.716. The van der Waals surface area contributed by atoms with Crippen LogP contribution in [0.5, 0.6) is 0 Å². The molecule has 2 aromatic rings. The van der Waals surface area contributed by atoms with Gasteiger partial charge in [0.2, 0.25) is 0 Å². The zero-order valence-electron chi connectivity index (χ0n) is 14.2. The monoisotopic (exact) mass is 342 g/mol. The summed E-state index contributed by atoms with van der Waals surface area (Å²) in [6, 6.07) is 6.28. The number of nitrogens with one attached hydrogen (secondary N) is 3. The topological polar surface area (TPSA) is 96.0 Å². The highest BCUT2D eigenvalue weighted by Gasteiger charge is 2.34. The van der Waals surface area contributed by atoms with Crippen LogP contribution in [-0.4, -0.2) is 33.6 Å². The Kier molecular flexibility index (Phi) is 3.95. The number of carbonyl (C=O) groups is 1. The Hall–Kier alpha value is -2.41. The van der Waals surface area contributed by atoms with Gasteiger partial charge in [-0.3, -0.25) is 14.4 Å². The van der Waals surface area contributed by atoms with E-state index >= 15 is 0 Å². The molecule has 132 valence electrons. The summed E-state index contributed by atoms with van der Waals surface area (Å²) in [5, 5.41) is 6.67. The van der Waals surface area contributed by atoms with Crippen LogP contribution in [0.2, 0.25) is 0 Å². The maximum absolute atomic E-state index is 12.6. The summed E-state index contributed by atoms with van der Waals surface area (Å²) in [7, 11) is 0. The molecule has 4 rings (SSSR count). The summed E-state index contributed by atoms with van der Waals surface area (Å²) in [4.78, 5) is 38.9. The van der Waals surface area contributed by atoms with E-state index in [2.05, 4.69) is 15.6 Å². The number of piperidine rings is 1. The van der Waals surface area contributed by atoms with Gasteiger partial charge in [-0.15, -0.1) is 0 Å². The summed E-state index contributed by atoms with van der Waals surface area (Å²) >= 11 is 0. The highest BCUT2D eigenvalue weighted by molar-refractivity contribution is 5.97. The Morgan fingerprint density at radius 2 is 1.96 bits per heavy atom. The molecule has 2 aliphatic rings. The van der Waals surface area contributed by atoms with Crippen molar-refractivity contribution in [2.45, 2.75) is 57.3 Å². The van der Waals surface area contributed by atoms with E-state index in [1.165, 1.54) is 17.4 Å². The Bertz CT molecular complexity index is 933. The number of nitrogens with zero attached hydrogens (tertiary/aromatic N) is 1. The van der Waals surface area contributed by atoms with Crippen LogP contribution in [0, 0.1) is 0 Å². The number of amides is 1. The molecule has 3 heterocycles. The van der Waals surface area contributed by atoms with Crippen LogP contribution >= 0.6 is 0 Å². The lowest BCUT2D eigenvalue weighted by Gasteiger charge is -2.29. The van der Waals surface area contributed by atoms with Gasteiger partial charge in [-0.25, -0.2) is 0 Å². The smallest absolute Gasteiger partial charge is 0.316 e. The van der Waals surface area contributed by atoms with Gasteiger partial charge in [-0.2, -0.15) is 0 Å². The Labute approximate surface area is 144 Å². The molecule has 7 heteroatoms. The number of hydrogen-bond donors (Lipinski definition) is 3. The number of carbonyl (C=O) groups excluding carboxylic acids is 1. The molecular formula is C18H22N4O3. The van der Waals surface area contributed by atoms with Gasteiger partial charge in [0.15, 0.2) is 0 Å². The van der Waals surface area contributed by atoms with Crippen molar-refractivity contribution in [3.05, 3.63) is 44.5 Å². The van der Waals surface area contributed by atoms with Crippen molar-refractivity contribution < 1.29 is 4.79 Å². The summed E-state index contributed by atoms with van der Waals surface area (Å²) in [6.07, 6.45) is 4.29. The molecule has 2 saturated heterocycles. The predicted octanol–water partition coefficient (Wildman–Crippen LogP) is 0.722. The third kappa shape index (κ3) is 2.89. The molecule has 0 spiro atoms. The van der Waals surface area contributed by atoms with E-state index in [-0.39, 0.29) is 11.9 Å². The van der Waals surface area contributed by atoms with Crippen molar-refractivity contribution in [3.8, 4) is 0 Å². The molecule has 2 atom stereocenters. The average molecular weight is 342 g/mol. The van der Waals surface area contributed by atoms with E-state index in [1.54, 1.807) is 18.2 Å². The number of H-pyrrole nitrogens is 1. The van der Waals surface area contributed by atoms with E-state index in [0.29, 0.717) is 35.2 Å². The van der Waals surface area contributed by atoms with Crippen LogP contribution in [0.25, 0.3) is 11.0 Å². The zero-order valence-corrected chi connectivity index (χ0v) is 14.2. The third-order valence-corrected chi connectivity index (χ3v) is 5.36. The number of aromatic nitrogens is 2. The van der Waals surface area contributed by atoms with E-state index in [9.17, 15) is 14.4 Å². The van der Waals surface area contributed by atoms with Crippen LogP contribution in [0.15, 0.2) is 27.8 Å². The first-order valence-corrected chi connectivity index (χ1v) is 8.89. The molecule has 1 aromatic heterocycles. The third-order valence-electron chi connectivity index (χ3n) is 5.36. The number of aromatic amines is 1. The average Bonchev–Trinajstić information content (AvgIpc) is 2.94. The first kappa shape index (κ1) is 16.1.